The van der Waals surface area contributed by atoms with Crippen molar-refractivity contribution in [1.29, 1.82) is 0 Å². The van der Waals surface area contributed by atoms with E-state index in [1.807, 2.05) is 0 Å². The molecule has 0 atom stereocenters. The zero-order chi connectivity index (χ0) is 13.8. The van der Waals surface area contributed by atoms with Crippen LogP contribution in [0.4, 0.5) is 16.3 Å². The van der Waals surface area contributed by atoms with Crippen molar-refractivity contribution >= 4 is 56.7 Å². The predicted molar refractivity (Wildman–Crippen MR) is 81.0 cm³/mol. The number of nitrogens with zero attached hydrogens (tertiary/aromatic N) is 1. The standard InChI is InChI=1S/C12H8BrCl2N3O/c13-7-1-4-11(16-6-7)18-12(19)17-8-2-3-9(14)10(15)5-8/h1-6H,(H2,16,17,18,19). The molecule has 0 unspecified atom stereocenters. The van der Waals surface area contributed by atoms with Crippen LogP contribution < -0.4 is 10.6 Å². The van der Waals surface area contributed by atoms with Gasteiger partial charge in [0.15, 0.2) is 0 Å². The first-order valence-electron chi connectivity index (χ1n) is 5.19. The highest BCUT2D eigenvalue weighted by Crippen LogP contribution is 2.25. The number of benzene rings is 1. The Hall–Kier alpha value is -1.30. The summed E-state index contributed by atoms with van der Waals surface area (Å²) < 4.78 is 0.836. The third-order valence-electron chi connectivity index (χ3n) is 2.15. The highest BCUT2D eigenvalue weighted by Gasteiger charge is 2.05. The van der Waals surface area contributed by atoms with Gasteiger partial charge in [-0.1, -0.05) is 23.2 Å². The summed E-state index contributed by atoms with van der Waals surface area (Å²) in [6.07, 6.45) is 1.59. The van der Waals surface area contributed by atoms with Gasteiger partial charge < -0.3 is 5.32 Å². The Kier molecular flexibility index (Phi) is 4.63. The second kappa shape index (κ2) is 6.23. The molecule has 19 heavy (non-hydrogen) atoms. The number of carbonyl (C=O) groups is 1. The van der Waals surface area contributed by atoms with Crippen molar-refractivity contribution < 1.29 is 4.79 Å². The first-order valence-corrected chi connectivity index (χ1v) is 6.74. The van der Waals surface area contributed by atoms with Crippen LogP contribution in [-0.4, -0.2) is 11.0 Å². The van der Waals surface area contributed by atoms with Gasteiger partial charge in [-0.3, -0.25) is 5.32 Å². The van der Waals surface area contributed by atoms with Crippen LogP contribution in [0.3, 0.4) is 0 Å². The molecule has 1 aromatic carbocycles. The lowest BCUT2D eigenvalue weighted by molar-refractivity contribution is 0.262. The lowest BCUT2D eigenvalue weighted by Gasteiger charge is -2.07. The van der Waals surface area contributed by atoms with Gasteiger partial charge in [0.25, 0.3) is 0 Å². The van der Waals surface area contributed by atoms with Gasteiger partial charge >= 0.3 is 6.03 Å². The number of hydrogen-bond acceptors (Lipinski definition) is 2. The van der Waals surface area contributed by atoms with Crippen molar-refractivity contribution in [1.82, 2.24) is 4.98 Å². The Morgan fingerprint density at radius 1 is 1.11 bits per heavy atom. The topological polar surface area (TPSA) is 54.0 Å². The van der Waals surface area contributed by atoms with Crippen LogP contribution in [0, 0.1) is 0 Å². The van der Waals surface area contributed by atoms with Gasteiger partial charge in [-0.2, -0.15) is 0 Å². The number of amides is 2. The normalized spacial score (nSPS) is 10.1. The van der Waals surface area contributed by atoms with Crippen LogP contribution in [0.2, 0.25) is 10.0 Å². The Labute approximate surface area is 128 Å². The Morgan fingerprint density at radius 2 is 1.89 bits per heavy atom. The molecule has 2 N–H and O–H groups in total. The lowest BCUT2D eigenvalue weighted by atomic mass is 10.3. The van der Waals surface area contributed by atoms with E-state index in [0.717, 1.165) is 4.47 Å². The molecule has 0 bridgehead atoms. The molecule has 98 valence electrons. The van der Waals surface area contributed by atoms with Crippen LogP contribution >= 0.6 is 39.1 Å². The Bertz CT molecular complexity index is 604. The minimum absolute atomic E-state index is 0.376. The monoisotopic (exact) mass is 359 g/mol. The van der Waals surface area contributed by atoms with Gasteiger partial charge in [0.1, 0.15) is 5.82 Å². The molecule has 0 aliphatic rings. The SMILES string of the molecule is O=C(Nc1ccc(Cl)c(Cl)c1)Nc1ccc(Br)cn1. The summed E-state index contributed by atoms with van der Waals surface area (Å²) in [7, 11) is 0. The van der Waals surface area contributed by atoms with E-state index in [4.69, 9.17) is 23.2 Å². The maximum absolute atomic E-state index is 11.7. The number of hydrogen-bond donors (Lipinski definition) is 2. The average Bonchev–Trinajstić information content (AvgIpc) is 2.37. The smallest absolute Gasteiger partial charge is 0.308 e. The van der Waals surface area contributed by atoms with E-state index in [0.29, 0.717) is 21.6 Å². The molecule has 0 saturated heterocycles. The minimum atomic E-state index is -0.409. The average molecular weight is 361 g/mol. The highest BCUT2D eigenvalue weighted by molar-refractivity contribution is 9.10. The minimum Gasteiger partial charge on any atom is -0.308 e. The highest BCUT2D eigenvalue weighted by atomic mass is 79.9. The summed E-state index contributed by atoms with van der Waals surface area (Å²) in [4.78, 5) is 15.7. The van der Waals surface area contributed by atoms with Gasteiger partial charge in [0.2, 0.25) is 0 Å². The molecule has 7 heteroatoms. The first-order chi connectivity index (χ1) is 9.04. The number of rotatable bonds is 2. The molecule has 0 saturated carbocycles. The molecule has 0 spiro atoms. The number of aromatic nitrogens is 1. The van der Waals surface area contributed by atoms with E-state index in [-0.39, 0.29) is 0 Å². The van der Waals surface area contributed by atoms with Gasteiger partial charge in [-0.05, 0) is 46.3 Å². The van der Waals surface area contributed by atoms with Crippen LogP contribution in [0.1, 0.15) is 0 Å². The van der Waals surface area contributed by atoms with Crippen molar-refractivity contribution in [2.45, 2.75) is 0 Å². The number of urea groups is 1. The van der Waals surface area contributed by atoms with Crippen LogP contribution in [0.5, 0.6) is 0 Å². The van der Waals surface area contributed by atoms with Crippen LogP contribution in [0.25, 0.3) is 0 Å². The number of carbonyl (C=O) groups excluding carboxylic acids is 1. The molecule has 1 aromatic heterocycles. The predicted octanol–water partition coefficient (Wildman–Crippen LogP) is 4.79. The zero-order valence-electron chi connectivity index (χ0n) is 9.45. The molecular formula is C12H8BrCl2N3O. The largest absolute Gasteiger partial charge is 0.324 e. The van der Waals surface area contributed by atoms with E-state index in [2.05, 4.69) is 31.5 Å². The third kappa shape index (κ3) is 4.09. The maximum atomic E-state index is 11.7. The molecule has 0 aliphatic carbocycles. The van der Waals surface area contributed by atoms with E-state index in [1.165, 1.54) is 0 Å². The fourth-order valence-corrected chi connectivity index (χ4v) is 1.83. The fourth-order valence-electron chi connectivity index (χ4n) is 1.30. The fraction of sp³-hybridized carbons (Fsp3) is 0. The van der Waals surface area contributed by atoms with Crippen molar-refractivity contribution in [3.63, 3.8) is 0 Å². The summed E-state index contributed by atoms with van der Waals surface area (Å²) in [5, 5.41) is 6.03. The van der Waals surface area contributed by atoms with Crippen molar-refractivity contribution in [2.75, 3.05) is 10.6 Å². The van der Waals surface area contributed by atoms with Crippen LogP contribution in [-0.2, 0) is 0 Å². The quantitative estimate of drug-likeness (QED) is 0.808. The second-order valence-corrected chi connectivity index (χ2v) is 5.30. The maximum Gasteiger partial charge on any atom is 0.324 e. The molecule has 4 nitrogen and oxygen atoms in total. The Morgan fingerprint density at radius 3 is 2.53 bits per heavy atom. The molecule has 2 aromatic rings. The van der Waals surface area contributed by atoms with E-state index in [9.17, 15) is 4.79 Å². The van der Waals surface area contributed by atoms with E-state index in [1.54, 1.807) is 36.5 Å². The van der Waals surface area contributed by atoms with Gasteiger partial charge in [0, 0.05) is 16.4 Å². The van der Waals surface area contributed by atoms with Crippen molar-refractivity contribution in [3.8, 4) is 0 Å². The summed E-state index contributed by atoms with van der Waals surface area (Å²) in [5.74, 6) is 0.445. The van der Waals surface area contributed by atoms with Crippen molar-refractivity contribution in [3.05, 3.63) is 51.0 Å². The molecule has 0 aliphatic heterocycles. The number of anilines is 2. The molecule has 2 rings (SSSR count). The lowest BCUT2D eigenvalue weighted by Crippen LogP contribution is -2.19. The van der Waals surface area contributed by atoms with Crippen molar-refractivity contribution in [2.24, 2.45) is 0 Å². The second-order valence-electron chi connectivity index (χ2n) is 3.57. The van der Waals surface area contributed by atoms with Gasteiger partial charge in [-0.25, -0.2) is 9.78 Å². The summed E-state index contributed by atoms with van der Waals surface area (Å²) in [5.41, 5.74) is 0.545. The first kappa shape index (κ1) is 14.1. The number of halogens is 3. The van der Waals surface area contributed by atoms with E-state index < -0.39 is 6.03 Å². The summed E-state index contributed by atoms with van der Waals surface area (Å²) in [6.45, 7) is 0. The van der Waals surface area contributed by atoms with Gasteiger partial charge in [-0.15, -0.1) is 0 Å². The zero-order valence-corrected chi connectivity index (χ0v) is 12.6. The molecule has 1 heterocycles. The number of pyridine rings is 1. The molecular weight excluding hydrogens is 353 g/mol. The van der Waals surface area contributed by atoms with Gasteiger partial charge in [0.05, 0.1) is 10.0 Å². The van der Waals surface area contributed by atoms with E-state index >= 15 is 0 Å². The molecule has 0 radical (unpaired) electrons. The number of nitrogens with one attached hydrogen (secondary N) is 2. The molecule has 0 fully saturated rings. The third-order valence-corrected chi connectivity index (χ3v) is 3.35. The summed E-state index contributed by atoms with van der Waals surface area (Å²) in [6, 6.07) is 7.88. The Balaban J connectivity index is 2.01. The van der Waals surface area contributed by atoms with Crippen LogP contribution in [0.15, 0.2) is 41.0 Å². The summed E-state index contributed by atoms with van der Waals surface area (Å²) >= 11 is 14.9. The molecule has 2 amide bonds.